The molecule has 0 fully saturated rings. The molecule has 0 amide bonds. The second-order valence-corrected chi connectivity index (χ2v) is 4.71. The number of hydrogen-bond donors (Lipinski definition) is 1. The molecule has 4 nitrogen and oxygen atoms in total. The number of hydrogen-bond acceptors (Lipinski definition) is 4. The fourth-order valence-electron chi connectivity index (χ4n) is 2.15. The second kappa shape index (κ2) is 6.26. The van der Waals surface area contributed by atoms with Crippen molar-refractivity contribution in [2.45, 2.75) is 6.54 Å². The summed E-state index contributed by atoms with van der Waals surface area (Å²) in [6.45, 7) is 0.459. The highest BCUT2D eigenvalue weighted by Crippen LogP contribution is 2.22. The fraction of sp³-hybridized carbons (Fsp3) is 0.188. The highest BCUT2D eigenvalue weighted by molar-refractivity contribution is 5.96. The Kier molecular flexibility index (Phi) is 4.42. The summed E-state index contributed by atoms with van der Waals surface area (Å²) >= 11 is 0. The van der Waals surface area contributed by atoms with Crippen molar-refractivity contribution in [3.05, 3.63) is 59.4 Å². The largest absolute Gasteiger partial charge is 0.465 e. The summed E-state index contributed by atoms with van der Waals surface area (Å²) in [6.07, 6.45) is 0. The van der Waals surface area contributed by atoms with Gasteiger partial charge in [-0.2, -0.15) is 0 Å². The molecular formula is C16H17FN2O2. The van der Waals surface area contributed by atoms with E-state index in [1.165, 1.54) is 19.2 Å². The van der Waals surface area contributed by atoms with Gasteiger partial charge in [-0.15, -0.1) is 0 Å². The summed E-state index contributed by atoms with van der Waals surface area (Å²) < 4.78 is 17.7. The summed E-state index contributed by atoms with van der Waals surface area (Å²) in [6, 6.07) is 11.4. The van der Waals surface area contributed by atoms with E-state index >= 15 is 0 Å². The minimum atomic E-state index is -0.462. The van der Waals surface area contributed by atoms with Gasteiger partial charge in [0.25, 0.3) is 0 Å². The maximum absolute atomic E-state index is 12.9. The van der Waals surface area contributed by atoms with Crippen LogP contribution in [-0.4, -0.2) is 20.1 Å². The number of anilines is 2. The van der Waals surface area contributed by atoms with Crippen LogP contribution in [0.15, 0.2) is 42.5 Å². The van der Waals surface area contributed by atoms with Gasteiger partial charge < -0.3 is 15.4 Å². The first kappa shape index (κ1) is 14.8. The van der Waals surface area contributed by atoms with E-state index in [0.717, 1.165) is 11.3 Å². The van der Waals surface area contributed by atoms with Gasteiger partial charge in [0.1, 0.15) is 5.82 Å². The van der Waals surface area contributed by atoms with Crippen LogP contribution in [0.4, 0.5) is 15.8 Å². The molecule has 2 aromatic rings. The van der Waals surface area contributed by atoms with E-state index in [1.807, 2.05) is 18.0 Å². The van der Waals surface area contributed by atoms with E-state index in [4.69, 9.17) is 10.5 Å². The molecule has 0 spiro atoms. The topological polar surface area (TPSA) is 55.6 Å². The zero-order chi connectivity index (χ0) is 15.4. The molecule has 0 radical (unpaired) electrons. The Bertz CT molecular complexity index is 641. The Morgan fingerprint density at radius 1 is 1.24 bits per heavy atom. The maximum atomic E-state index is 12.9. The van der Waals surface area contributed by atoms with Gasteiger partial charge in [0.2, 0.25) is 0 Å². The first-order valence-corrected chi connectivity index (χ1v) is 6.45. The fourth-order valence-corrected chi connectivity index (χ4v) is 2.15. The number of carbonyl (C=O) groups is 1. The van der Waals surface area contributed by atoms with Crippen LogP contribution in [0.5, 0.6) is 0 Å². The van der Waals surface area contributed by atoms with Crippen LogP contribution in [0, 0.1) is 5.82 Å². The number of nitrogens with zero attached hydrogens (tertiary/aromatic N) is 1. The quantitative estimate of drug-likeness (QED) is 0.694. The lowest BCUT2D eigenvalue weighted by atomic mass is 10.0. The van der Waals surface area contributed by atoms with Gasteiger partial charge in [0.15, 0.2) is 0 Å². The third-order valence-corrected chi connectivity index (χ3v) is 3.25. The maximum Gasteiger partial charge on any atom is 0.340 e. The molecule has 0 aromatic heterocycles. The average Bonchev–Trinajstić information content (AvgIpc) is 2.47. The predicted molar refractivity (Wildman–Crippen MR) is 80.7 cm³/mol. The Morgan fingerprint density at radius 2 is 1.90 bits per heavy atom. The van der Waals surface area contributed by atoms with E-state index in [9.17, 15) is 9.18 Å². The number of esters is 1. The molecule has 2 rings (SSSR count). The molecule has 2 aromatic carbocycles. The molecule has 0 aliphatic rings. The summed E-state index contributed by atoms with van der Waals surface area (Å²) in [7, 11) is 3.18. The van der Waals surface area contributed by atoms with Crippen LogP contribution >= 0.6 is 0 Å². The smallest absolute Gasteiger partial charge is 0.340 e. The van der Waals surface area contributed by atoms with Gasteiger partial charge in [-0.3, -0.25) is 0 Å². The Hall–Kier alpha value is -2.56. The van der Waals surface area contributed by atoms with Crippen molar-refractivity contribution in [2.24, 2.45) is 0 Å². The predicted octanol–water partition coefficient (Wildman–Crippen LogP) is 2.83. The number of benzene rings is 2. The van der Waals surface area contributed by atoms with E-state index in [1.54, 1.807) is 24.3 Å². The molecule has 110 valence electrons. The lowest BCUT2D eigenvalue weighted by molar-refractivity contribution is 0.0600. The van der Waals surface area contributed by atoms with E-state index in [2.05, 4.69) is 0 Å². The molecule has 0 aliphatic heterocycles. The number of methoxy groups -OCH3 is 1. The highest BCUT2D eigenvalue weighted by atomic mass is 19.1. The standard InChI is InChI=1S/C16H17FN2O2/c1-19(13-8-6-12(17)7-9-13)10-11-4-3-5-14(18)15(11)16(20)21-2/h3-9H,10,18H2,1-2H3. The monoisotopic (exact) mass is 288 g/mol. The van der Waals surface area contributed by atoms with Crippen LogP contribution in [0.25, 0.3) is 0 Å². The summed E-state index contributed by atoms with van der Waals surface area (Å²) in [5.74, 6) is -0.748. The number of ether oxygens (including phenoxy) is 1. The van der Waals surface area contributed by atoms with Crippen molar-refractivity contribution in [1.29, 1.82) is 0 Å². The zero-order valence-corrected chi connectivity index (χ0v) is 12.0. The number of rotatable bonds is 4. The molecule has 0 unspecified atom stereocenters. The van der Waals surface area contributed by atoms with Gasteiger partial charge in [-0.25, -0.2) is 9.18 Å². The van der Waals surface area contributed by atoms with Crippen molar-refractivity contribution in [1.82, 2.24) is 0 Å². The molecule has 0 heterocycles. The van der Waals surface area contributed by atoms with Gasteiger partial charge >= 0.3 is 5.97 Å². The first-order valence-electron chi connectivity index (χ1n) is 6.45. The third-order valence-electron chi connectivity index (χ3n) is 3.25. The first-order chi connectivity index (χ1) is 10.0. The zero-order valence-electron chi connectivity index (χ0n) is 12.0. The van der Waals surface area contributed by atoms with E-state index < -0.39 is 5.97 Å². The van der Waals surface area contributed by atoms with Crippen LogP contribution in [0.2, 0.25) is 0 Å². The Labute approximate surface area is 122 Å². The van der Waals surface area contributed by atoms with Crippen LogP contribution in [0.3, 0.4) is 0 Å². The lowest BCUT2D eigenvalue weighted by Gasteiger charge is -2.21. The van der Waals surface area contributed by atoms with Crippen molar-refractivity contribution in [3.63, 3.8) is 0 Å². The van der Waals surface area contributed by atoms with Gasteiger partial charge in [-0.05, 0) is 35.9 Å². The summed E-state index contributed by atoms with van der Waals surface area (Å²) in [5, 5.41) is 0. The summed E-state index contributed by atoms with van der Waals surface area (Å²) in [5.41, 5.74) is 8.21. The van der Waals surface area contributed by atoms with Crippen molar-refractivity contribution >= 4 is 17.3 Å². The van der Waals surface area contributed by atoms with E-state index in [0.29, 0.717) is 17.8 Å². The molecule has 0 saturated carbocycles. The normalized spacial score (nSPS) is 10.2. The van der Waals surface area contributed by atoms with Crippen molar-refractivity contribution in [3.8, 4) is 0 Å². The Morgan fingerprint density at radius 3 is 2.52 bits per heavy atom. The number of nitrogen functional groups attached to an aromatic ring is 1. The number of halogens is 1. The summed E-state index contributed by atoms with van der Waals surface area (Å²) in [4.78, 5) is 13.8. The average molecular weight is 288 g/mol. The van der Waals surface area contributed by atoms with Crippen molar-refractivity contribution in [2.75, 3.05) is 24.8 Å². The van der Waals surface area contributed by atoms with Crippen LogP contribution in [-0.2, 0) is 11.3 Å². The number of nitrogens with two attached hydrogens (primary N) is 1. The SMILES string of the molecule is COC(=O)c1c(N)cccc1CN(C)c1ccc(F)cc1. The molecular weight excluding hydrogens is 271 g/mol. The molecule has 5 heteroatoms. The molecule has 0 aliphatic carbocycles. The van der Waals surface area contributed by atoms with Gasteiger partial charge in [0.05, 0.1) is 12.7 Å². The molecule has 2 N–H and O–H groups in total. The molecule has 21 heavy (non-hydrogen) atoms. The van der Waals surface area contributed by atoms with Crippen molar-refractivity contribution < 1.29 is 13.9 Å². The number of carbonyl (C=O) groups excluding carboxylic acids is 1. The van der Waals surface area contributed by atoms with E-state index in [-0.39, 0.29) is 5.82 Å². The third kappa shape index (κ3) is 3.31. The van der Waals surface area contributed by atoms with Gasteiger partial charge in [-0.1, -0.05) is 12.1 Å². The van der Waals surface area contributed by atoms with Gasteiger partial charge in [0, 0.05) is 25.0 Å². The highest BCUT2D eigenvalue weighted by Gasteiger charge is 2.16. The van der Waals surface area contributed by atoms with Crippen LogP contribution in [0.1, 0.15) is 15.9 Å². The Balaban J connectivity index is 2.29. The molecule has 0 saturated heterocycles. The molecule has 0 atom stereocenters. The minimum Gasteiger partial charge on any atom is -0.465 e. The second-order valence-electron chi connectivity index (χ2n) is 4.71. The molecule has 0 bridgehead atoms. The minimum absolute atomic E-state index is 0.286. The lowest BCUT2D eigenvalue weighted by Crippen LogP contribution is -2.19. The van der Waals surface area contributed by atoms with Crippen LogP contribution < -0.4 is 10.6 Å².